The number of benzene rings is 1. The third-order valence-electron chi connectivity index (χ3n) is 5.82. The quantitative estimate of drug-likeness (QED) is 0.651. The maximum absolute atomic E-state index is 12.4. The molecular weight excluding hydrogens is 398 g/mol. The van der Waals surface area contributed by atoms with Gasteiger partial charge in [-0.3, -0.25) is 9.36 Å². The Bertz CT molecular complexity index is 801. The molecule has 0 radical (unpaired) electrons. The molecule has 8 heteroatoms. The molecule has 0 unspecified atom stereocenters. The van der Waals surface area contributed by atoms with Crippen LogP contribution in [0.1, 0.15) is 37.7 Å². The van der Waals surface area contributed by atoms with Gasteiger partial charge in [0.15, 0.2) is 5.16 Å². The standard InChI is InChI=1S/C22H31N5O2S/c28-20(23-15-18-7-3-1-4-8-18)17-30-22-25-24-21(26-11-13-29-14-12-26)27(22)16-19-9-5-2-6-10-19/h2,5-6,9-10,18H,1,3-4,7-8,11-17H2,(H,23,28). The van der Waals surface area contributed by atoms with E-state index in [9.17, 15) is 4.79 Å². The van der Waals surface area contributed by atoms with Gasteiger partial charge in [0.25, 0.3) is 0 Å². The van der Waals surface area contributed by atoms with Gasteiger partial charge in [-0.05, 0) is 24.3 Å². The van der Waals surface area contributed by atoms with Gasteiger partial charge in [0.1, 0.15) is 0 Å². The summed E-state index contributed by atoms with van der Waals surface area (Å²) in [7, 11) is 0. The number of morpholine rings is 1. The fourth-order valence-electron chi connectivity index (χ4n) is 4.12. The molecule has 1 N–H and O–H groups in total. The summed E-state index contributed by atoms with van der Waals surface area (Å²) in [6, 6.07) is 10.3. The molecule has 162 valence electrons. The number of rotatable bonds is 8. The molecule has 1 saturated carbocycles. The molecule has 0 bridgehead atoms. The van der Waals surface area contributed by atoms with E-state index in [0.717, 1.165) is 30.7 Å². The van der Waals surface area contributed by atoms with E-state index in [1.807, 2.05) is 18.2 Å². The number of ether oxygens (including phenoxy) is 1. The lowest BCUT2D eigenvalue weighted by Crippen LogP contribution is -2.38. The molecule has 0 spiro atoms. The van der Waals surface area contributed by atoms with Crippen molar-refractivity contribution in [2.24, 2.45) is 5.92 Å². The van der Waals surface area contributed by atoms with Crippen molar-refractivity contribution >= 4 is 23.6 Å². The van der Waals surface area contributed by atoms with Crippen LogP contribution in [0.15, 0.2) is 35.5 Å². The number of hydrogen-bond acceptors (Lipinski definition) is 6. The van der Waals surface area contributed by atoms with Gasteiger partial charge in [-0.25, -0.2) is 0 Å². The largest absolute Gasteiger partial charge is 0.378 e. The second-order valence-electron chi connectivity index (χ2n) is 8.05. The van der Waals surface area contributed by atoms with Crippen LogP contribution >= 0.6 is 11.8 Å². The lowest BCUT2D eigenvalue weighted by molar-refractivity contribution is -0.118. The topological polar surface area (TPSA) is 72.3 Å². The van der Waals surface area contributed by atoms with Gasteiger partial charge in [0, 0.05) is 19.6 Å². The summed E-state index contributed by atoms with van der Waals surface area (Å²) >= 11 is 1.47. The number of carbonyl (C=O) groups excluding carboxylic acids is 1. The van der Waals surface area contributed by atoms with E-state index in [2.05, 4.69) is 37.1 Å². The minimum absolute atomic E-state index is 0.0766. The van der Waals surface area contributed by atoms with Crippen LogP contribution < -0.4 is 10.2 Å². The SMILES string of the molecule is O=C(CSc1nnc(N2CCOCC2)n1Cc1ccccc1)NCC1CCCCC1. The third kappa shape index (κ3) is 5.76. The lowest BCUT2D eigenvalue weighted by atomic mass is 9.89. The van der Waals surface area contributed by atoms with Crippen LogP contribution in [0, 0.1) is 5.92 Å². The van der Waals surface area contributed by atoms with Crippen molar-refractivity contribution in [1.29, 1.82) is 0 Å². The van der Waals surface area contributed by atoms with E-state index in [0.29, 0.717) is 31.4 Å². The maximum atomic E-state index is 12.4. The van der Waals surface area contributed by atoms with Crippen LogP contribution in [0.3, 0.4) is 0 Å². The van der Waals surface area contributed by atoms with Gasteiger partial charge in [-0.2, -0.15) is 0 Å². The Morgan fingerprint density at radius 1 is 1.10 bits per heavy atom. The van der Waals surface area contributed by atoms with E-state index in [4.69, 9.17) is 4.74 Å². The average molecular weight is 430 g/mol. The van der Waals surface area contributed by atoms with E-state index in [-0.39, 0.29) is 5.91 Å². The van der Waals surface area contributed by atoms with Crippen molar-refractivity contribution in [2.75, 3.05) is 43.5 Å². The molecule has 30 heavy (non-hydrogen) atoms. The first-order valence-electron chi connectivity index (χ1n) is 11.0. The molecule has 1 aliphatic heterocycles. The summed E-state index contributed by atoms with van der Waals surface area (Å²) in [5.41, 5.74) is 1.19. The minimum atomic E-state index is 0.0766. The fraction of sp³-hybridized carbons (Fsp3) is 0.591. The number of anilines is 1. The third-order valence-corrected chi connectivity index (χ3v) is 6.79. The van der Waals surface area contributed by atoms with E-state index in [1.54, 1.807) is 0 Å². The smallest absolute Gasteiger partial charge is 0.230 e. The van der Waals surface area contributed by atoms with Crippen molar-refractivity contribution in [1.82, 2.24) is 20.1 Å². The summed E-state index contributed by atoms with van der Waals surface area (Å²) < 4.78 is 7.61. The highest BCUT2D eigenvalue weighted by Crippen LogP contribution is 2.25. The summed E-state index contributed by atoms with van der Waals surface area (Å²) in [5.74, 6) is 1.94. The van der Waals surface area contributed by atoms with Crippen molar-refractivity contribution < 1.29 is 9.53 Å². The predicted octanol–water partition coefficient (Wildman–Crippen LogP) is 2.95. The summed E-state index contributed by atoms with van der Waals surface area (Å²) in [6.45, 7) is 4.50. The first-order chi connectivity index (χ1) is 14.8. The Morgan fingerprint density at radius 3 is 2.63 bits per heavy atom. The molecule has 1 amide bonds. The first kappa shape index (κ1) is 21.2. The number of amides is 1. The molecule has 2 heterocycles. The molecule has 2 aromatic rings. The second kappa shape index (κ2) is 10.8. The molecule has 1 aromatic carbocycles. The molecule has 1 aromatic heterocycles. The molecule has 7 nitrogen and oxygen atoms in total. The highest BCUT2D eigenvalue weighted by molar-refractivity contribution is 7.99. The number of aromatic nitrogens is 3. The number of thioether (sulfide) groups is 1. The fourth-order valence-corrected chi connectivity index (χ4v) is 4.88. The van der Waals surface area contributed by atoms with Gasteiger partial charge < -0.3 is 15.0 Å². The van der Waals surface area contributed by atoms with Gasteiger partial charge in [0.2, 0.25) is 11.9 Å². The zero-order valence-corrected chi connectivity index (χ0v) is 18.3. The van der Waals surface area contributed by atoms with Crippen molar-refractivity contribution in [2.45, 2.75) is 43.8 Å². The summed E-state index contributed by atoms with van der Waals surface area (Å²) in [6.07, 6.45) is 6.40. The first-order valence-corrected chi connectivity index (χ1v) is 12.0. The van der Waals surface area contributed by atoms with E-state index < -0.39 is 0 Å². The zero-order chi connectivity index (χ0) is 20.6. The Morgan fingerprint density at radius 2 is 1.87 bits per heavy atom. The monoisotopic (exact) mass is 429 g/mol. The average Bonchev–Trinajstić information content (AvgIpc) is 3.20. The van der Waals surface area contributed by atoms with Crippen LogP contribution in [0.2, 0.25) is 0 Å². The Hall–Kier alpha value is -2.06. The van der Waals surface area contributed by atoms with Crippen molar-refractivity contribution in [3.8, 4) is 0 Å². The molecule has 4 rings (SSSR count). The van der Waals surface area contributed by atoms with Crippen LogP contribution in [-0.2, 0) is 16.1 Å². The van der Waals surface area contributed by atoms with Gasteiger partial charge in [-0.15, -0.1) is 10.2 Å². The zero-order valence-electron chi connectivity index (χ0n) is 17.5. The summed E-state index contributed by atoms with van der Waals surface area (Å²) in [5, 5.41) is 12.8. The number of hydrogen-bond donors (Lipinski definition) is 1. The number of nitrogens with one attached hydrogen (secondary N) is 1. The van der Waals surface area contributed by atoms with Crippen LogP contribution in [0.25, 0.3) is 0 Å². The maximum Gasteiger partial charge on any atom is 0.230 e. The Labute approximate surface area is 182 Å². The minimum Gasteiger partial charge on any atom is -0.378 e. The van der Waals surface area contributed by atoms with E-state index >= 15 is 0 Å². The molecule has 2 fully saturated rings. The van der Waals surface area contributed by atoms with Crippen molar-refractivity contribution in [3.63, 3.8) is 0 Å². The van der Waals surface area contributed by atoms with Crippen LogP contribution in [0.5, 0.6) is 0 Å². The summed E-state index contributed by atoms with van der Waals surface area (Å²) in [4.78, 5) is 14.6. The normalized spacial score (nSPS) is 17.8. The second-order valence-corrected chi connectivity index (χ2v) is 8.99. The Kier molecular flexibility index (Phi) is 7.64. The van der Waals surface area contributed by atoms with Crippen molar-refractivity contribution in [3.05, 3.63) is 35.9 Å². The van der Waals surface area contributed by atoms with Crippen LogP contribution in [0.4, 0.5) is 5.95 Å². The molecular formula is C22H31N5O2S. The van der Waals surface area contributed by atoms with E-state index in [1.165, 1.54) is 49.4 Å². The van der Waals surface area contributed by atoms with Gasteiger partial charge >= 0.3 is 0 Å². The van der Waals surface area contributed by atoms with Crippen LogP contribution in [-0.4, -0.2) is 59.3 Å². The molecule has 2 aliphatic rings. The Balaban J connectivity index is 1.39. The number of carbonyl (C=O) groups is 1. The highest BCUT2D eigenvalue weighted by Gasteiger charge is 2.21. The van der Waals surface area contributed by atoms with Gasteiger partial charge in [0.05, 0.1) is 25.5 Å². The lowest BCUT2D eigenvalue weighted by Gasteiger charge is -2.28. The predicted molar refractivity (Wildman–Crippen MR) is 119 cm³/mol. The molecule has 0 atom stereocenters. The van der Waals surface area contributed by atoms with Gasteiger partial charge in [-0.1, -0.05) is 61.4 Å². The molecule has 1 aliphatic carbocycles. The highest BCUT2D eigenvalue weighted by atomic mass is 32.2. The number of nitrogens with zero attached hydrogens (tertiary/aromatic N) is 4. The molecule has 1 saturated heterocycles.